The number of benzene rings is 3. The number of rotatable bonds is 6. The molecule has 0 spiro atoms. The lowest BCUT2D eigenvalue weighted by molar-refractivity contribution is 0.0951. The molecule has 0 aliphatic carbocycles. The van der Waals surface area contributed by atoms with E-state index in [2.05, 4.69) is 31.4 Å². The SMILES string of the molecule is O=C(NN=Cc1cc(Br)ccc1O)c1csc(N2N=C(c3ccccc3)CC2c2ccc(Cl)cc2)n1. The number of phenols is 1. The third-order valence-electron chi connectivity index (χ3n) is 5.55. The van der Waals surface area contributed by atoms with E-state index in [1.54, 1.807) is 17.5 Å². The molecule has 1 unspecified atom stereocenters. The summed E-state index contributed by atoms with van der Waals surface area (Å²) in [7, 11) is 0. The summed E-state index contributed by atoms with van der Waals surface area (Å²) in [6.07, 6.45) is 2.06. The zero-order chi connectivity index (χ0) is 25.1. The smallest absolute Gasteiger partial charge is 0.290 e. The number of nitrogens with one attached hydrogen (secondary N) is 1. The number of phenolic OH excluding ortho intramolecular Hbond substituents is 1. The van der Waals surface area contributed by atoms with E-state index < -0.39 is 5.91 Å². The van der Waals surface area contributed by atoms with E-state index in [0.29, 0.717) is 22.1 Å². The first-order valence-electron chi connectivity index (χ1n) is 10.9. The Balaban J connectivity index is 1.37. The van der Waals surface area contributed by atoms with Crippen LogP contribution in [-0.2, 0) is 0 Å². The number of aromatic nitrogens is 1. The van der Waals surface area contributed by atoms with Crippen molar-refractivity contribution in [2.24, 2.45) is 10.2 Å². The van der Waals surface area contributed by atoms with E-state index in [0.717, 1.165) is 21.3 Å². The zero-order valence-corrected chi connectivity index (χ0v) is 21.8. The van der Waals surface area contributed by atoms with Gasteiger partial charge in [0.1, 0.15) is 11.4 Å². The van der Waals surface area contributed by atoms with Crippen molar-refractivity contribution in [3.63, 3.8) is 0 Å². The van der Waals surface area contributed by atoms with Gasteiger partial charge in [-0.05, 0) is 41.5 Å². The Morgan fingerprint density at radius 2 is 1.94 bits per heavy atom. The van der Waals surface area contributed by atoms with Crippen LogP contribution in [0, 0.1) is 0 Å². The van der Waals surface area contributed by atoms with Gasteiger partial charge in [-0.2, -0.15) is 10.2 Å². The van der Waals surface area contributed by atoms with Crippen LogP contribution in [0.3, 0.4) is 0 Å². The molecule has 5 rings (SSSR count). The summed E-state index contributed by atoms with van der Waals surface area (Å²) in [5.74, 6) is -0.403. The van der Waals surface area contributed by atoms with Crippen LogP contribution in [0.25, 0.3) is 0 Å². The Bertz CT molecular complexity index is 1460. The molecule has 10 heteroatoms. The second-order valence-electron chi connectivity index (χ2n) is 7.95. The van der Waals surface area contributed by atoms with Crippen LogP contribution in [0.4, 0.5) is 5.13 Å². The molecule has 1 amide bonds. The lowest BCUT2D eigenvalue weighted by Gasteiger charge is -2.21. The number of hydrogen-bond donors (Lipinski definition) is 2. The lowest BCUT2D eigenvalue weighted by atomic mass is 9.99. The highest BCUT2D eigenvalue weighted by Crippen LogP contribution is 2.38. The Kier molecular flexibility index (Phi) is 7.13. The minimum atomic E-state index is -0.460. The minimum absolute atomic E-state index is 0.0569. The molecule has 1 aromatic heterocycles. The fourth-order valence-corrected chi connectivity index (χ4v) is 5.07. The average molecular weight is 581 g/mol. The molecule has 0 saturated heterocycles. The topological polar surface area (TPSA) is 90.2 Å². The van der Waals surface area contributed by atoms with Crippen LogP contribution < -0.4 is 10.4 Å². The van der Waals surface area contributed by atoms with Gasteiger partial charge < -0.3 is 5.11 Å². The van der Waals surface area contributed by atoms with Gasteiger partial charge in [-0.25, -0.2) is 15.4 Å². The number of aromatic hydroxyl groups is 1. The van der Waals surface area contributed by atoms with Gasteiger partial charge in [0, 0.05) is 26.9 Å². The monoisotopic (exact) mass is 579 g/mol. The van der Waals surface area contributed by atoms with Crippen molar-refractivity contribution in [1.82, 2.24) is 10.4 Å². The normalized spacial score (nSPS) is 15.3. The van der Waals surface area contributed by atoms with E-state index in [4.69, 9.17) is 16.7 Å². The molecule has 0 saturated carbocycles. The number of carbonyl (C=O) groups is 1. The summed E-state index contributed by atoms with van der Waals surface area (Å²) >= 11 is 10.8. The minimum Gasteiger partial charge on any atom is -0.507 e. The fourth-order valence-electron chi connectivity index (χ4n) is 3.76. The molecule has 4 aromatic rings. The number of halogens is 2. The Labute approximate surface area is 224 Å². The summed E-state index contributed by atoms with van der Waals surface area (Å²) in [6.45, 7) is 0. The molecule has 1 aliphatic heterocycles. The number of nitrogens with zero attached hydrogens (tertiary/aromatic N) is 4. The number of thiazole rings is 1. The first-order valence-corrected chi connectivity index (χ1v) is 13.0. The Morgan fingerprint density at radius 3 is 2.72 bits per heavy atom. The van der Waals surface area contributed by atoms with Gasteiger partial charge in [-0.15, -0.1) is 11.3 Å². The summed E-state index contributed by atoms with van der Waals surface area (Å²) in [4.78, 5) is 17.2. The number of hydrogen-bond acceptors (Lipinski definition) is 7. The molecule has 36 heavy (non-hydrogen) atoms. The third-order valence-corrected chi connectivity index (χ3v) is 7.13. The summed E-state index contributed by atoms with van der Waals surface area (Å²) in [6, 6.07) is 22.5. The average Bonchev–Trinajstić information content (AvgIpc) is 3.55. The van der Waals surface area contributed by atoms with Crippen molar-refractivity contribution in [3.05, 3.63) is 110 Å². The summed E-state index contributed by atoms with van der Waals surface area (Å²) in [5.41, 5.74) is 6.18. The standard InChI is InChI=1S/C26H19BrClN5O2S/c27-19-8-11-24(34)18(12-19)14-29-31-25(35)22-15-36-26(30-22)33-23(17-6-9-20(28)10-7-17)13-21(32-33)16-4-2-1-3-5-16/h1-12,14-15,23,34H,13H2,(H,31,35). The summed E-state index contributed by atoms with van der Waals surface area (Å²) < 4.78 is 0.786. The largest absolute Gasteiger partial charge is 0.507 e. The van der Waals surface area contributed by atoms with Crippen LogP contribution in [0.5, 0.6) is 5.75 Å². The molecule has 7 nitrogen and oxygen atoms in total. The maximum absolute atomic E-state index is 12.7. The first-order chi connectivity index (χ1) is 17.5. The number of hydrazone groups is 2. The predicted octanol–water partition coefficient (Wildman–Crippen LogP) is 6.38. The predicted molar refractivity (Wildman–Crippen MR) is 147 cm³/mol. The molecule has 0 bridgehead atoms. The van der Waals surface area contributed by atoms with Crippen LogP contribution >= 0.6 is 38.9 Å². The highest BCUT2D eigenvalue weighted by Gasteiger charge is 2.32. The Hall–Kier alpha value is -3.53. The van der Waals surface area contributed by atoms with E-state index >= 15 is 0 Å². The van der Waals surface area contributed by atoms with Gasteiger partial charge in [-0.1, -0.05) is 70.0 Å². The van der Waals surface area contributed by atoms with Crippen LogP contribution in [0.2, 0.25) is 5.02 Å². The van der Waals surface area contributed by atoms with Crippen LogP contribution in [0.1, 0.15) is 39.6 Å². The van der Waals surface area contributed by atoms with Gasteiger partial charge in [-0.3, -0.25) is 4.79 Å². The van der Waals surface area contributed by atoms with Gasteiger partial charge in [0.2, 0.25) is 5.13 Å². The molecular formula is C26H19BrClN5O2S. The third kappa shape index (κ3) is 5.33. The number of amides is 1. The van der Waals surface area contributed by atoms with E-state index in [1.165, 1.54) is 23.6 Å². The van der Waals surface area contributed by atoms with Gasteiger partial charge in [0.25, 0.3) is 5.91 Å². The highest BCUT2D eigenvalue weighted by molar-refractivity contribution is 9.10. The van der Waals surface area contributed by atoms with Crippen LogP contribution in [-0.4, -0.2) is 27.9 Å². The summed E-state index contributed by atoms with van der Waals surface area (Å²) in [5, 5.41) is 23.5. The van der Waals surface area contributed by atoms with Crippen molar-refractivity contribution in [2.45, 2.75) is 12.5 Å². The molecular weight excluding hydrogens is 562 g/mol. The molecule has 180 valence electrons. The molecule has 0 radical (unpaired) electrons. The van der Waals surface area contributed by atoms with Gasteiger partial charge >= 0.3 is 0 Å². The molecule has 0 fully saturated rings. The van der Waals surface area contributed by atoms with E-state index in [1.807, 2.05) is 59.6 Å². The zero-order valence-electron chi connectivity index (χ0n) is 18.7. The molecule has 1 aliphatic rings. The lowest BCUT2D eigenvalue weighted by Crippen LogP contribution is -2.20. The quantitative estimate of drug-likeness (QED) is 0.204. The Morgan fingerprint density at radius 1 is 1.17 bits per heavy atom. The fraction of sp³-hybridized carbons (Fsp3) is 0.0769. The second-order valence-corrected chi connectivity index (χ2v) is 10.1. The molecule has 3 aromatic carbocycles. The van der Waals surface area contributed by atoms with Crippen molar-refractivity contribution in [1.29, 1.82) is 0 Å². The van der Waals surface area contributed by atoms with Crippen molar-refractivity contribution in [3.8, 4) is 5.75 Å². The van der Waals surface area contributed by atoms with E-state index in [9.17, 15) is 9.90 Å². The van der Waals surface area contributed by atoms with Crippen LogP contribution in [0.15, 0.2) is 92.9 Å². The molecule has 2 heterocycles. The van der Waals surface area contributed by atoms with Crippen molar-refractivity contribution >= 4 is 61.8 Å². The first kappa shape index (κ1) is 24.2. The van der Waals surface area contributed by atoms with E-state index in [-0.39, 0.29) is 17.5 Å². The highest BCUT2D eigenvalue weighted by atomic mass is 79.9. The molecule has 2 N–H and O–H groups in total. The maximum Gasteiger partial charge on any atom is 0.290 e. The molecule has 1 atom stereocenters. The number of anilines is 1. The van der Waals surface area contributed by atoms with Gasteiger partial charge in [0.15, 0.2) is 0 Å². The second kappa shape index (κ2) is 10.6. The van der Waals surface area contributed by atoms with Crippen molar-refractivity contribution < 1.29 is 9.90 Å². The van der Waals surface area contributed by atoms with Crippen molar-refractivity contribution in [2.75, 3.05) is 5.01 Å². The van der Waals surface area contributed by atoms with Gasteiger partial charge in [0.05, 0.1) is 18.0 Å². The number of carbonyl (C=O) groups excluding carboxylic acids is 1. The maximum atomic E-state index is 12.7.